The van der Waals surface area contributed by atoms with Crippen molar-refractivity contribution >= 4 is 29.2 Å². The molecule has 0 fully saturated rings. The summed E-state index contributed by atoms with van der Waals surface area (Å²) in [6.45, 7) is 1.76. The molecule has 0 radical (unpaired) electrons. The Balaban J connectivity index is 2.09. The van der Waals surface area contributed by atoms with Crippen LogP contribution in [0.1, 0.15) is 18.5 Å². The summed E-state index contributed by atoms with van der Waals surface area (Å²) in [5.41, 5.74) is 2.26. The van der Waals surface area contributed by atoms with Gasteiger partial charge in [0.05, 0.1) is 24.4 Å². The van der Waals surface area contributed by atoms with Gasteiger partial charge < -0.3 is 19.9 Å². The number of methoxy groups -OCH3 is 1. The van der Waals surface area contributed by atoms with E-state index in [0.29, 0.717) is 33.3 Å². The van der Waals surface area contributed by atoms with Crippen molar-refractivity contribution in [3.63, 3.8) is 0 Å². The number of allylic oxidation sites excluding steroid dienone is 1. The predicted molar refractivity (Wildman–Crippen MR) is 109 cm³/mol. The highest BCUT2D eigenvalue weighted by molar-refractivity contribution is 6.31. The first-order valence-electron chi connectivity index (χ1n) is 8.77. The van der Waals surface area contributed by atoms with Crippen molar-refractivity contribution in [2.24, 2.45) is 0 Å². The highest BCUT2D eigenvalue weighted by Gasteiger charge is 2.39. The molecule has 3 rings (SSSR count). The third kappa shape index (κ3) is 3.43. The molecule has 2 aromatic rings. The molecule has 1 aliphatic heterocycles. The summed E-state index contributed by atoms with van der Waals surface area (Å²) in [5, 5.41) is 3.40. The lowest BCUT2D eigenvalue weighted by Crippen LogP contribution is -2.47. The summed E-state index contributed by atoms with van der Waals surface area (Å²) in [5.74, 6) is 0.232. The van der Waals surface area contributed by atoms with Crippen molar-refractivity contribution in [1.82, 2.24) is 9.80 Å². The molecule has 6 nitrogen and oxygen atoms in total. The Morgan fingerprint density at radius 3 is 2.43 bits per heavy atom. The second-order valence-corrected chi connectivity index (χ2v) is 6.94. The molecule has 0 saturated heterocycles. The lowest BCUT2D eigenvalue weighted by molar-refractivity contribution is -0.113. The number of ether oxygens (including phenoxy) is 1. The van der Waals surface area contributed by atoms with Crippen molar-refractivity contribution < 1.29 is 14.3 Å². The van der Waals surface area contributed by atoms with Crippen LogP contribution in [0.4, 0.5) is 10.5 Å². The Bertz CT molecular complexity index is 957. The highest BCUT2D eigenvalue weighted by Crippen LogP contribution is 2.39. The Labute approximate surface area is 169 Å². The second kappa shape index (κ2) is 7.94. The number of rotatable bonds is 4. The van der Waals surface area contributed by atoms with Gasteiger partial charge in [-0.15, -0.1) is 0 Å². The molecule has 1 heterocycles. The smallest absolute Gasteiger partial charge is 0.324 e. The Morgan fingerprint density at radius 1 is 1.11 bits per heavy atom. The van der Waals surface area contributed by atoms with E-state index in [2.05, 4.69) is 5.32 Å². The van der Waals surface area contributed by atoms with Crippen molar-refractivity contribution in [2.75, 3.05) is 26.5 Å². The number of benzene rings is 2. The van der Waals surface area contributed by atoms with Gasteiger partial charge in [-0.2, -0.15) is 0 Å². The van der Waals surface area contributed by atoms with Crippen LogP contribution in [0.2, 0.25) is 5.02 Å². The van der Waals surface area contributed by atoms with Crippen LogP contribution in [0.3, 0.4) is 0 Å². The summed E-state index contributed by atoms with van der Waals surface area (Å²) in [6, 6.07) is 13.6. The molecule has 0 saturated carbocycles. The average molecular weight is 400 g/mol. The second-order valence-electron chi connectivity index (χ2n) is 6.53. The monoisotopic (exact) mass is 399 g/mol. The van der Waals surface area contributed by atoms with Crippen LogP contribution >= 0.6 is 11.6 Å². The number of halogens is 1. The fourth-order valence-electron chi connectivity index (χ4n) is 3.35. The van der Waals surface area contributed by atoms with E-state index in [4.69, 9.17) is 16.3 Å². The van der Waals surface area contributed by atoms with Crippen LogP contribution in [0.25, 0.3) is 0 Å². The summed E-state index contributed by atoms with van der Waals surface area (Å²) < 4.78 is 5.32. The zero-order valence-corrected chi connectivity index (χ0v) is 16.9. The maximum atomic E-state index is 13.3. The number of likely N-dealkylation sites (N-methyl/N-ethyl adjacent to an activating group) is 1. The van der Waals surface area contributed by atoms with Gasteiger partial charge >= 0.3 is 6.03 Å². The number of para-hydroxylation sites is 2. The molecular formula is C21H22ClN3O3. The molecule has 0 aliphatic carbocycles. The fraction of sp³-hybridized carbons (Fsp3) is 0.238. The number of carbonyl (C=O) groups excluding carboxylic acids is 2. The normalized spacial score (nSPS) is 17.0. The first-order chi connectivity index (χ1) is 13.4. The molecule has 0 spiro atoms. The molecule has 1 atom stereocenters. The van der Waals surface area contributed by atoms with E-state index in [9.17, 15) is 9.59 Å². The number of hydrogen-bond donors (Lipinski definition) is 1. The van der Waals surface area contributed by atoms with Crippen LogP contribution in [-0.2, 0) is 4.79 Å². The van der Waals surface area contributed by atoms with E-state index in [0.717, 1.165) is 0 Å². The average Bonchev–Trinajstić information content (AvgIpc) is 2.70. The number of hydrogen-bond acceptors (Lipinski definition) is 3. The minimum absolute atomic E-state index is 0.212. The van der Waals surface area contributed by atoms with Crippen LogP contribution in [-0.4, -0.2) is 42.9 Å². The number of nitrogens with zero attached hydrogens (tertiary/aromatic N) is 2. The Kier molecular flexibility index (Phi) is 5.61. The summed E-state index contributed by atoms with van der Waals surface area (Å²) in [4.78, 5) is 29.0. The van der Waals surface area contributed by atoms with Gasteiger partial charge in [-0.25, -0.2) is 4.79 Å². The van der Waals surface area contributed by atoms with E-state index in [1.807, 2.05) is 30.3 Å². The number of amides is 3. The van der Waals surface area contributed by atoms with Gasteiger partial charge in [-0.1, -0.05) is 41.9 Å². The third-order valence-electron chi connectivity index (χ3n) is 4.94. The third-order valence-corrected chi connectivity index (χ3v) is 5.29. The fourth-order valence-corrected chi connectivity index (χ4v) is 3.59. The van der Waals surface area contributed by atoms with E-state index >= 15 is 0 Å². The minimum Gasteiger partial charge on any atom is -0.495 e. The topological polar surface area (TPSA) is 61.9 Å². The highest BCUT2D eigenvalue weighted by atomic mass is 35.5. The molecule has 0 unspecified atom stereocenters. The molecule has 0 bridgehead atoms. The van der Waals surface area contributed by atoms with E-state index in [1.54, 1.807) is 46.3 Å². The van der Waals surface area contributed by atoms with Gasteiger partial charge in [0.1, 0.15) is 5.75 Å². The summed E-state index contributed by atoms with van der Waals surface area (Å²) in [7, 11) is 4.85. The first kappa shape index (κ1) is 19.8. The number of nitrogens with one attached hydrogen (secondary N) is 1. The molecule has 7 heteroatoms. The van der Waals surface area contributed by atoms with Crippen molar-refractivity contribution in [3.05, 3.63) is 70.4 Å². The Hall–Kier alpha value is -2.99. The SMILES string of the molecule is COc1ccccc1NC(=O)C1=C(C)N(C)C(=O)N(C)[C@@H]1c1ccccc1Cl. The maximum absolute atomic E-state index is 13.3. The zero-order valence-electron chi connectivity index (χ0n) is 16.2. The minimum atomic E-state index is -0.605. The zero-order chi connectivity index (χ0) is 20.4. The molecule has 0 aromatic heterocycles. The maximum Gasteiger partial charge on any atom is 0.324 e. The number of anilines is 1. The van der Waals surface area contributed by atoms with Crippen molar-refractivity contribution in [1.29, 1.82) is 0 Å². The Morgan fingerprint density at radius 2 is 1.75 bits per heavy atom. The molecule has 28 heavy (non-hydrogen) atoms. The van der Waals surface area contributed by atoms with E-state index in [1.165, 1.54) is 9.80 Å². The molecular weight excluding hydrogens is 378 g/mol. The van der Waals surface area contributed by atoms with Crippen molar-refractivity contribution in [3.8, 4) is 5.75 Å². The molecule has 1 N–H and O–H groups in total. The van der Waals surface area contributed by atoms with Gasteiger partial charge in [-0.3, -0.25) is 4.79 Å². The quantitative estimate of drug-likeness (QED) is 0.833. The number of carbonyl (C=O) groups is 2. The number of urea groups is 1. The lowest BCUT2D eigenvalue weighted by atomic mass is 9.93. The molecule has 146 valence electrons. The summed E-state index contributed by atoms with van der Waals surface area (Å²) >= 11 is 6.41. The van der Waals surface area contributed by atoms with Crippen LogP contribution in [0.15, 0.2) is 59.8 Å². The first-order valence-corrected chi connectivity index (χ1v) is 9.14. The lowest BCUT2D eigenvalue weighted by Gasteiger charge is -2.40. The van der Waals surface area contributed by atoms with Crippen molar-refractivity contribution in [2.45, 2.75) is 13.0 Å². The van der Waals surface area contributed by atoms with Crippen LogP contribution in [0, 0.1) is 0 Å². The summed E-state index contributed by atoms with van der Waals surface area (Å²) in [6.07, 6.45) is 0. The molecule has 2 aromatic carbocycles. The van der Waals surface area contributed by atoms with Gasteiger partial charge in [0.2, 0.25) is 0 Å². The van der Waals surface area contributed by atoms with E-state index < -0.39 is 6.04 Å². The van der Waals surface area contributed by atoms with E-state index in [-0.39, 0.29) is 11.9 Å². The standard InChI is InChI=1S/C21H22ClN3O3/c1-13-18(20(26)23-16-11-7-8-12-17(16)28-4)19(25(3)21(27)24(13)2)14-9-5-6-10-15(14)22/h5-12,19H,1-4H3,(H,23,26)/t19-/m1/s1. The molecule has 1 aliphatic rings. The van der Waals surface area contributed by atoms with Crippen LogP contribution < -0.4 is 10.1 Å². The molecule has 3 amide bonds. The van der Waals surface area contributed by atoms with Crippen LogP contribution in [0.5, 0.6) is 5.75 Å². The predicted octanol–water partition coefficient (Wildman–Crippen LogP) is 4.30. The van der Waals surface area contributed by atoms with Gasteiger partial charge in [0.15, 0.2) is 0 Å². The van der Waals surface area contributed by atoms with Gasteiger partial charge in [0.25, 0.3) is 5.91 Å². The van der Waals surface area contributed by atoms with Gasteiger partial charge in [-0.05, 0) is 30.7 Å². The largest absolute Gasteiger partial charge is 0.495 e. The van der Waals surface area contributed by atoms with Gasteiger partial charge in [0, 0.05) is 24.8 Å².